The topological polar surface area (TPSA) is 63.2 Å². The lowest BCUT2D eigenvalue weighted by atomic mass is 10.1. The van der Waals surface area contributed by atoms with Gasteiger partial charge in [0, 0.05) is 43.0 Å². The van der Waals surface area contributed by atoms with Gasteiger partial charge >= 0.3 is 0 Å². The van der Waals surface area contributed by atoms with E-state index in [4.69, 9.17) is 27.9 Å². The summed E-state index contributed by atoms with van der Waals surface area (Å²) in [6.45, 7) is 1.88. The van der Waals surface area contributed by atoms with Gasteiger partial charge in [0.05, 0.1) is 5.56 Å². The Hall–Kier alpha value is -1.82. The number of anilines is 1. The normalized spacial score (nSPS) is 10.5. The van der Waals surface area contributed by atoms with Crippen LogP contribution in [0.25, 0.3) is 0 Å². The molecule has 2 aromatic rings. The Morgan fingerprint density at radius 2 is 2.04 bits per heavy atom. The molecule has 0 radical (unpaired) electrons. The quantitative estimate of drug-likeness (QED) is 0.648. The molecular formula is C18H21Cl2N3O2. The van der Waals surface area contributed by atoms with Crippen molar-refractivity contribution >= 4 is 34.9 Å². The Bertz CT molecular complexity index is 693. The Morgan fingerprint density at radius 1 is 1.20 bits per heavy atom. The van der Waals surface area contributed by atoms with Crippen LogP contribution in [0.1, 0.15) is 22.3 Å². The van der Waals surface area contributed by atoms with E-state index in [2.05, 4.69) is 15.6 Å². The van der Waals surface area contributed by atoms with Gasteiger partial charge in [-0.25, -0.2) is 4.98 Å². The lowest BCUT2D eigenvalue weighted by Gasteiger charge is -2.08. The molecular weight excluding hydrogens is 361 g/mol. The van der Waals surface area contributed by atoms with Gasteiger partial charge in [-0.3, -0.25) is 4.79 Å². The maximum absolute atomic E-state index is 11.9. The van der Waals surface area contributed by atoms with Gasteiger partial charge in [-0.15, -0.1) is 0 Å². The summed E-state index contributed by atoms with van der Waals surface area (Å²) in [4.78, 5) is 16.2. The largest absolute Gasteiger partial charge is 0.385 e. The number of hydrogen-bond acceptors (Lipinski definition) is 4. The number of benzene rings is 1. The average Bonchev–Trinajstić information content (AvgIpc) is 2.61. The molecule has 0 aliphatic carbocycles. The summed E-state index contributed by atoms with van der Waals surface area (Å²) in [7, 11) is 1.64. The molecule has 0 aliphatic rings. The van der Waals surface area contributed by atoms with Crippen LogP contribution in [0.4, 0.5) is 5.82 Å². The summed E-state index contributed by atoms with van der Waals surface area (Å²) in [5.41, 5.74) is 1.55. The van der Waals surface area contributed by atoms with Crippen molar-refractivity contribution in [2.75, 3.05) is 32.1 Å². The van der Waals surface area contributed by atoms with Crippen LogP contribution in [0, 0.1) is 0 Å². The van der Waals surface area contributed by atoms with Gasteiger partial charge in [0.25, 0.3) is 5.91 Å². The van der Waals surface area contributed by atoms with E-state index in [-0.39, 0.29) is 5.91 Å². The van der Waals surface area contributed by atoms with E-state index in [1.165, 1.54) is 0 Å². The SMILES string of the molecule is COCCCNC(=O)c1ccc(NCCc2ccc(Cl)cc2Cl)nc1. The number of ether oxygens (including phenoxy) is 1. The second-order valence-electron chi connectivity index (χ2n) is 5.45. The van der Waals surface area contributed by atoms with Crippen LogP contribution >= 0.6 is 23.2 Å². The first kappa shape index (κ1) is 19.5. The number of nitrogens with one attached hydrogen (secondary N) is 2. The molecule has 0 aliphatic heterocycles. The van der Waals surface area contributed by atoms with Gasteiger partial charge in [0.1, 0.15) is 5.82 Å². The zero-order valence-electron chi connectivity index (χ0n) is 14.0. The maximum atomic E-state index is 11.9. The summed E-state index contributed by atoms with van der Waals surface area (Å²) >= 11 is 12.0. The molecule has 5 nitrogen and oxygen atoms in total. The molecule has 0 unspecified atom stereocenters. The van der Waals surface area contributed by atoms with Gasteiger partial charge in [0.2, 0.25) is 0 Å². The van der Waals surface area contributed by atoms with Crippen LogP contribution in [0.15, 0.2) is 36.5 Å². The molecule has 1 aromatic heterocycles. The van der Waals surface area contributed by atoms with E-state index in [0.717, 1.165) is 18.4 Å². The van der Waals surface area contributed by atoms with Gasteiger partial charge in [0.15, 0.2) is 0 Å². The fourth-order valence-corrected chi connectivity index (χ4v) is 2.71. The monoisotopic (exact) mass is 381 g/mol. The summed E-state index contributed by atoms with van der Waals surface area (Å²) in [5.74, 6) is 0.573. The number of aromatic nitrogens is 1. The van der Waals surface area contributed by atoms with E-state index in [9.17, 15) is 4.79 Å². The highest BCUT2D eigenvalue weighted by atomic mass is 35.5. The van der Waals surface area contributed by atoms with Gasteiger partial charge in [-0.05, 0) is 42.7 Å². The fraction of sp³-hybridized carbons (Fsp3) is 0.333. The lowest BCUT2D eigenvalue weighted by Crippen LogP contribution is -2.25. The molecule has 25 heavy (non-hydrogen) atoms. The van der Waals surface area contributed by atoms with Crippen LogP contribution in [0.5, 0.6) is 0 Å². The minimum Gasteiger partial charge on any atom is -0.385 e. The average molecular weight is 382 g/mol. The molecule has 0 fully saturated rings. The number of carbonyl (C=O) groups is 1. The minimum absolute atomic E-state index is 0.136. The number of rotatable bonds is 9. The first-order valence-electron chi connectivity index (χ1n) is 8.01. The van der Waals surface area contributed by atoms with Crippen LogP contribution in [-0.2, 0) is 11.2 Å². The molecule has 134 valence electrons. The summed E-state index contributed by atoms with van der Waals surface area (Å²) < 4.78 is 4.94. The molecule has 7 heteroatoms. The third-order valence-electron chi connectivity index (χ3n) is 3.55. The fourth-order valence-electron chi connectivity index (χ4n) is 2.20. The van der Waals surface area contributed by atoms with Gasteiger partial charge in [-0.1, -0.05) is 29.3 Å². The van der Waals surface area contributed by atoms with Crippen molar-refractivity contribution in [1.82, 2.24) is 10.3 Å². The number of pyridine rings is 1. The number of methoxy groups -OCH3 is 1. The van der Waals surface area contributed by atoms with Crippen molar-refractivity contribution in [3.05, 3.63) is 57.7 Å². The van der Waals surface area contributed by atoms with Crippen molar-refractivity contribution in [3.8, 4) is 0 Å². The smallest absolute Gasteiger partial charge is 0.252 e. The molecule has 0 atom stereocenters. The number of nitrogens with zero attached hydrogens (tertiary/aromatic N) is 1. The Kier molecular flexibility index (Phi) is 7.98. The van der Waals surface area contributed by atoms with E-state index in [0.29, 0.717) is 41.1 Å². The highest BCUT2D eigenvalue weighted by molar-refractivity contribution is 6.35. The summed E-state index contributed by atoms with van der Waals surface area (Å²) in [6, 6.07) is 9.00. The number of carbonyl (C=O) groups excluding carboxylic acids is 1. The van der Waals surface area contributed by atoms with Crippen LogP contribution in [0.2, 0.25) is 10.0 Å². The molecule has 0 spiro atoms. The first-order chi connectivity index (χ1) is 12.1. The van der Waals surface area contributed by atoms with Gasteiger partial charge < -0.3 is 15.4 Å². The second-order valence-corrected chi connectivity index (χ2v) is 6.29. The Balaban J connectivity index is 1.79. The minimum atomic E-state index is -0.136. The zero-order valence-corrected chi connectivity index (χ0v) is 15.5. The highest BCUT2D eigenvalue weighted by Crippen LogP contribution is 2.21. The first-order valence-corrected chi connectivity index (χ1v) is 8.76. The molecule has 0 saturated carbocycles. The van der Waals surface area contributed by atoms with Crippen molar-refractivity contribution in [3.63, 3.8) is 0 Å². The molecule has 1 aromatic carbocycles. The Labute approximate surface area is 157 Å². The molecule has 1 amide bonds. The number of halogens is 2. The summed E-state index contributed by atoms with van der Waals surface area (Å²) in [5, 5.41) is 7.31. The molecule has 0 saturated heterocycles. The summed E-state index contributed by atoms with van der Waals surface area (Å²) in [6.07, 6.45) is 3.09. The predicted octanol–water partition coefficient (Wildman–Crippen LogP) is 3.81. The zero-order chi connectivity index (χ0) is 18.1. The van der Waals surface area contributed by atoms with Crippen LogP contribution in [0.3, 0.4) is 0 Å². The molecule has 2 N–H and O–H groups in total. The number of amides is 1. The third kappa shape index (κ3) is 6.53. The Morgan fingerprint density at radius 3 is 2.72 bits per heavy atom. The molecule has 1 heterocycles. The predicted molar refractivity (Wildman–Crippen MR) is 102 cm³/mol. The standard InChI is InChI=1S/C18H21Cl2N3O2/c1-25-10-2-8-22-18(24)14-4-6-17(23-12-14)21-9-7-13-3-5-15(19)11-16(13)20/h3-6,11-12H,2,7-10H2,1H3,(H,21,23)(H,22,24). The van der Waals surface area contributed by atoms with Crippen molar-refractivity contribution in [1.29, 1.82) is 0 Å². The van der Waals surface area contributed by atoms with Crippen molar-refractivity contribution < 1.29 is 9.53 Å². The van der Waals surface area contributed by atoms with Crippen LogP contribution < -0.4 is 10.6 Å². The van der Waals surface area contributed by atoms with Crippen molar-refractivity contribution in [2.45, 2.75) is 12.8 Å². The van der Waals surface area contributed by atoms with E-state index in [1.54, 1.807) is 31.5 Å². The molecule has 2 rings (SSSR count). The van der Waals surface area contributed by atoms with E-state index in [1.807, 2.05) is 12.1 Å². The lowest BCUT2D eigenvalue weighted by molar-refractivity contribution is 0.0948. The van der Waals surface area contributed by atoms with Gasteiger partial charge in [-0.2, -0.15) is 0 Å². The number of hydrogen-bond donors (Lipinski definition) is 2. The maximum Gasteiger partial charge on any atom is 0.252 e. The van der Waals surface area contributed by atoms with Crippen LogP contribution in [-0.4, -0.2) is 37.7 Å². The van der Waals surface area contributed by atoms with E-state index >= 15 is 0 Å². The molecule has 0 bridgehead atoms. The third-order valence-corrected chi connectivity index (χ3v) is 4.14. The van der Waals surface area contributed by atoms with Crippen molar-refractivity contribution in [2.24, 2.45) is 0 Å². The highest BCUT2D eigenvalue weighted by Gasteiger charge is 2.06. The van der Waals surface area contributed by atoms with E-state index < -0.39 is 0 Å². The second kappa shape index (κ2) is 10.2.